The number of nitrogen functional groups attached to an aromatic ring is 1. The fourth-order valence-electron chi connectivity index (χ4n) is 2.61. The molecule has 1 aliphatic rings. The number of carbonyl (C=O) groups excluding carboxylic acids is 2. The van der Waals surface area contributed by atoms with Gasteiger partial charge in [-0.25, -0.2) is 4.79 Å². The van der Waals surface area contributed by atoms with Gasteiger partial charge in [-0.1, -0.05) is 0 Å². The van der Waals surface area contributed by atoms with Crippen molar-refractivity contribution in [3.8, 4) is 0 Å². The average Bonchev–Trinajstić information content (AvgIpc) is 3.41. The Bertz CT molecular complexity index is 749. The molecule has 27 heavy (non-hydrogen) atoms. The summed E-state index contributed by atoms with van der Waals surface area (Å²) in [4.78, 5) is 34.9. The highest BCUT2D eigenvalue weighted by atomic mass is 19.4. The number of benzene rings is 1. The average molecular weight is 389 g/mol. The lowest BCUT2D eigenvalue weighted by Gasteiger charge is -2.30. The summed E-state index contributed by atoms with van der Waals surface area (Å²) in [7, 11) is 0. The summed E-state index contributed by atoms with van der Waals surface area (Å²) in [6, 6.07) is 2.54. The summed E-state index contributed by atoms with van der Waals surface area (Å²) in [6.45, 7) is -0.814. The highest BCUT2D eigenvalue weighted by Gasteiger charge is 2.40. The van der Waals surface area contributed by atoms with E-state index in [1.807, 2.05) is 0 Å². The third-order valence-corrected chi connectivity index (χ3v) is 4.26. The molecule has 0 spiro atoms. The number of rotatable bonds is 7. The zero-order valence-electron chi connectivity index (χ0n) is 14.4. The maximum Gasteiger partial charge on any atom is 0.406 e. The number of hydrogen-bond acceptors (Lipinski definition) is 6. The Morgan fingerprint density at radius 1 is 1.41 bits per heavy atom. The summed E-state index contributed by atoms with van der Waals surface area (Å²) >= 11 is 0. The van der Waals surface area contributed by atoms with Gasteiger partial charge in [0, 0.05) is 12.1 Å². The lowest BCUT2D eigenvalue weighted by Crippen LogP contribution is -2.47. The SMILES string of the molecule is C[C@@H](C1CC1)N(CC(F)(F)F)C(=O)COC(=O)c1ccc(N)c([N+](=O)[O-])c1. The summed E-state index contributed by atoms with van der Waals surface area (Å²) < 4.78 is 43.0. The lowest BCUT2D eigenvalue weighted by molar-refractivity contribution is -0.383. The van der Waals surface area contributed by atoms with Crippen LogP contribution in [-0.2, 0) is 9.53 Å². The van der Waals surface area contributed by atoms with Crippen LogP contribution in [-0.4, -0.2) is 47.1 Å². The Morgan fingerprint density at radius 3 is 2.56 bits per heavy atom. The minimum Gasteiger partial charge on any atom is -0.452 e. The molecule has 2 N–H and O–H groups in total. The molecule has 1 fully saturated rings. The third-order valence-electron chi connectivity index (χ3n) is 4.26. The molecule has 1 aromatic rings. The van der Waals surface area contributed by atoms with Gasteiger partial charge in [0.2, 0.25) is 0 Å². The molecule has 0 unspecified atom stereocenters. The van der Waals surface area contributed by atoms with Crippen LogP contribution in [0.1, 0.15) is 30.1 Å². The summed E-state index contributed by atoms with van der Waals surface area (Å²) in [5.41, 5.74) is 4.50. The number of carbonyl (C=O) groups is 2. The Morgan fingerprint density at radius 2 is 2.04 bits per heavy atom. The number of alkyl halides is 3. The van der Waals surface area contributed by atoms with Crippen LogP contribution in [0, 0.1) is 16.0 Å². The molecular formula is C16H18F3N3O5. The fourth-order valence-corrected chi connectivity index (χ4v) is 2.61. The van der Waals surface area contributed by atoms with Gasteiger partial charge in [-0.05, 0) is 37.8 Å². The number of amides is 1. The van der Waals surface area contributed by atoms with Gasteiger partial charge in [-0.3, -0.25) is 14.9 Å². The second-order valence-electron chi connectivity index (χ2n) is 6.32. The Labute approximate surface area is 152 Å². The smallest absolute Gasteiger partial charge is 0.406 e. The van der Waals surface area contributed by atoms with E-state index >= 15 is 0 Å². The summed E-state index contributed by atoms with van der Waals surface area (Å²) in [5.74, 6) is -2.06. The van der Waals surface area contributed by atoms with Gasteiger partial charge in [0.15, 0.2) is 6.61 Å². The zero-order valence-corrected chi connectivity index (χ0v) is 14.4. The number of nitro benzene ring substituents is 1. The van der Waals surface area contributed by atoms with Gasteiger partial charge < -0.3 is 15.4 Å². The largest absolute Gasteiger partial charge is 0.452 e. The quantitative estimate of drug-likeness (QED) is 0.332. The normalized spacial score (nSPS) is 15.1. The highest BCUT2D eigenvalue weighted by Crippen LogP contribution is 2.36. The van der Waals surface area contributed by atoms with Crippen LogP contribution in [0.15, 0.2) is 18.2 Å². The number of halogens is 3. The minimum absolute atomic E-state index is 0.00764. The van der Waals surface area contributed by atoms with E-state index in [2.05, 4.69) is 0 Å². The Kier molecular flexibility index (Phi) is 5.91. The third kappa shape index (κ3) is 5.56. The van der Waals surface area contributed by atoms with Crippen molar-refractivity contribution < 1.29 is 32.4 Å². The Hall–Kier alpha value is -2.85. The van der Waals surface area contributed by atoms with Gasteiger partial charge in [-0.2, -0.15) is 13.2 Å². The molecule has 1 amide bonds. The van der Waals surface area contributed by atoms with Crippen molar-refractivity contribution in [2.24, 2.45) is 5.92 Å². The van der Waals surface area contributed by atoms with Gasteiger partial charge >= 0.3 is 12.1 Å². The predicted octanol–water partition coefficient (Wildman–Crippen LogP) is 2.52. The molecule has 1 aliphatic carbocycles. The van der Waals surface area contributed by atoms with Crippen LogP contribution in [0.5, 0.6) is 0 Å². The topological polar surface area (TPSA) is 116 Å². The van der Waals surface area contributed by atoms with Crippen molar-refractivity contribution in [3.05, 3.63) is 33.9 Å². The van der Waals surface area contributed by atoms with Crippen molar-refractivity contribution in [1.29, 1.82) is 0 Å². The first-order valence-corrected chi connectivity index (χ1v) is 8.07. The van der Waals surface area contributed by atoms with E-state index < -0.39 is 47.9 Å². The molecular weight excluding hydrogens is 371 g/mol. The first-order valence-electron chi connectivity index (χ1n) is 8.07. The second kappa shape index (κ2) is 7.80. The second-order valence-corrected chi connectivity index (χ2v) is 6.32. The van der Waals surface area contributed by atoms with Crippen molar-refractivity contribution >= 4 is 23.3 Å². The van der Waals surface area contributed by atoms with Crippen molar-refractivity contribution in [3.63, 3.8) is 0 Å². The Balaban J connectivity index is 2.04. The van der Waals surface area contributed by atoms with Crippen molar-refractivity contribution in [1.82, 2.24) is 4.90 Å². The van der Waals surface area contributed by atoms with Crippen molar-refractivity contribution in [2.45, 2.75) is 32.0 Å². The van der Waals surface area contributed by atoms with Gasteiger partial charge in [0.05, 0.1) is 10.5 Å². The molecule has 0 bridgehead atoms. The van der Waals surface area contributed by atoms with Crippen LogP contribution >= 0.6 is 0 Å². The van der Waals surface area contributed by atoms with Crippen molar-refractivity contribution in [2.75, 3.05) is 18.9 Å². The predicted molar refractivity (Wildman–Crippen MR) is 87.7 cm³/mol. The van der Waals surface area contributed by atoms with E-state index in [4.69, 9.17) is 10.5 Å². The number of nitrogens with two attached hydrogens (primary N) is 1. The maximum absolute atomic E-state index is 12.8. The molecule has 11 heteroatoms. The number of ether oxygens (including phenoxy) is 1. The maximum atomic E-state index is 12.8. The standard InChI is InChI=1S/C16H18F3N3O5/c1-9(10-2-3-10)21(8-16(17,18)19)14(23)7-27-15(24)11-4-5-12(20)13(6-11)22(25)26/h4-6,9-10H,2-3,7-8,20H2,1H3/t9-/m0/s1. The number of anilines is 1. The van der Waals surface area contributed by atoms with E-state index in [-0.39, 0.29) is 17.2 Å². The monoisotopic (exact) mass is 389 g/mol. The minimum atomic E-state index is -4.58. The van der Waals surface area contributed by atoms with E-state index in [9.17, 15) is 32.9 Å². The molecule has 0 saturated heterocycles. The molecule has 0 aromatic heterocycles. The van der Waals surface area contributed by atoms with Crippen LogP contribution in [0.3, 0.4) is 0 Å². The first kappa shape index (κ1) is 20.5. The van der Waals surface area contributed by atoms with Crippen LogP contribution in [0.2, 0.25) is 0 Å². The highest BCUT2D eigenvalue weighted by molar-refractivity contribution is 5.92. The van der Waals surface area contributed by atoms with E-state index in [1.165, 1.54) is 6.92 Å². The van der Waals surface area contributed by atoms with Crippen LogP contribution in [0.25, 0.3) is 0 Å². The number of hydrogen-bond donors (Lipinski definition) is 1. The summed E-state index contributed by atoms with van der Waals surface area (Å²) in [6.07, 6.45) is -3.12. The number of nitro groups is 1. The van der Waals surface area contributed by atoms with E-state index in [0.717, 1.165) is 31.0 Å². The molecule has 0 heterocycles. The molecule has 0 aliphatic heterocycles. The fraction of sp³-hybridized carbons (Fsp3) is 0.500. The molecule has 1 atom stereocenters. The lowest BCUT2D eigenvalue weighted by atomic mass is 10.1. The summed E-state index contributed by atoms with van der Waals surface area (Å²) in [5, 5.41) is 10.8. The molecule has 1 aromatic carbocycles. The van der Waals surface area contributed by atoms with Crippen LogP contribution in [0.4, 0.5) is 24.5 Å². The number of nitrogens with zero attached hydrogens (tertiary/aromatic N) is 2. The molecule has 2 rings (SSSR count). The van der Waals surface area contributed by atoms with E-state index in [0.29, 0.717) is 4.90 Å². The van der Waals surface area contributed by atoms with Gasteiger partial charge in [0.25, 0.3) is 11.6 Å². The molecule has 148 valence electrons. The zero-order chi connectivity index (χ0) is 20.4. The molecule has 8 nitrogen and oxygen atoms in total. The van der Waals surface area contributed by atoms with Gasteiger partial charge in [-0.15, -0.1) is 0 Å². The molecule has 0 radical (unpaired) electrons. The van der Waals surface area contributed by atoms with E-state index in [1.54, 1.807) is 0 Å². The first-order chi connectivity index (χ1) is 12.5. The molecule has 1 saturated carbocycles. The van der Waals surface area contributed by atoms with Crippen LogP contribution < -0.4 is 5.73 Å². The number of esters is 1. The van der Waals surface area contributed by atoms with Gasteiger partial charge in [0.1, 0.15) is 12.2 Å².